The van der Waals surface area contributed by atoms with Gasteiger partial charge in [-0.1, -0.05) is 35.5 Å². The molecular formula is C18H16BrN7O. The molecule has 4 rings (SSSR count). The van der Waals surface area contributed by atoms with E-state index in [4.69, 9.17) is 4.52 Å². The van der Waals surface area contributed by atoms with Gasteiger partial charge in [0.25, 0.3) is 0 Å². The van der Waals surface area contributed by atoms with Crippen LogP contribution in [0.15, 0.2) is 57.7 Å². The highest BCUT2D eigenvalue weighted by molar-refractivity contribution is 9.10. The van der Waals surface area contributed by atoms with Crippen LogP contribution in [0.2, 0.25) is 0 Å². The fraction of sp³-hybridized carbons (Fsp3) is 0.111. The maximum atomic E-state index is 5.39. The van der Waals surface area contributed by atoms with Gasteiger partial charge in [0.05, 0.1) is 11.0 Å². The molecule has 0 aliphatic carbocycles. The summed E-state index contributed by atoms with van der Waals surface area (Å²) in [6, 6.07) is 13.7. The fourth-order valence-corrected chi connectivity index (χ4v) is 2.74. The van der Waals surface area contributed by atoms with Crippen LogP contribution in [0.5, 0.6) is 0 Å². The zero-order chi connectivity index (χ0) is 18.6. The topological polar surface area (TPSA) is 105 Å². The van der Waals surface area contributed by atoms with Crippen LogP contribution in [0.1, 0.15) is 11.5 Å². The molecule has 4 aromatic rings. The quantitative estimate of drug-likeness (QED) is 0.423. The number of H-pyrrole nitrogens is 1. The van der Waals surface area contributed by atoms with E-state index in [9.17, 15) is 0 Å². The van der Waals surface area contributed by atoms with E-state index in [0.717, 1.165) is 21.4 Å². The van der Waals surface area contributed by atoms with Crippen molar-refractivity contribution in [2.24, 2.45) is 0 Å². The van der Waals surface area contributed by atoms with Crippen LogP contribution < -0.4 is 10.6 Å². The molecule has 0 amide bonds. The van der Waals surface area contributed by atoms with Crippen LogP contribution in [0.3, 0.4) is 0 Å². The summed E-state index contributed by atoms with van der Waals surface area (Å²) in [6.45, 7) is 2.35. The summed E-state index contributed by atoms with van der Waals surface area (Å²) in [7, 11) is 0. The van der Waals surface area contributed by atoms with Crippen LogP contribution in [0, 0.1) is 6.92 Å². The number of aromatic nitrogens is 5. The molecule has 0 atom stereocenters. The van der Waals surface area contributed by atoms with Crippen molar-refractivity contribution in [3.05, 3.63) is 64.6 Å². The van der Waals surface area contributed by atoms with Gasteiger partial charge in [0.2, 0.25) is 5.95 Å². The van der Waals surface area contributed by atoms with Crippen LogP contribution in [-0.4, -0.2) is 25.3 Å². The molecule has 136 valence electrons. The van der Waals surface area contributed by atoms with E-state index < -0.39 is 0 Å². The third kappa shape index (κ3) is 4.14. The number of hydrogen-bond acceptors (Lipinski definition) is 7. The van der Waals surface area contributed by atoms with E-state index in [1.807, 2.05) is 49.4 Å². The second-order valence-corrected chi connectivity index (χ2v) is 6.70. The molecule has 0 saturated carbocycles. The average molecular weight is 426 g/mol. The van der Waals surface area contributed by atoms with Crippen molar-refractivity contribution in [1.82, 2.24) is 25.3 Å². The number of aryl methyl sites for hydroxylation is 1. The number of hydrogen-bond donors (Lipinski definition) is 3. The molecule has 3 aromatic heterocycles. The van der Waals surface area contributed by atoms with E-state index in [1.165, 1.54) is 0 Å². The second kappa shape index (κ2) is 7.58. The average Bonchev–Trinajstić information content (AvgIpc) is 3.32. The Morgan fingerprint density at radius 3 is 2.81 bits per heavy atom. The smallest absolute Gasteiger partial charge is 0.225 e. The number of anilines is 3. The molecule has 1 aromatic carbocycles. The Balaban J connectivity index is 1.44. The summed E-state index contributed by atoms with van der Waals surface area (Å²) in [4.78, 5) is 8.73. The van der Waals surface area contributed by atoms with Crippen LogP contribution in [-0.2, 0) is 6.54 Å². The van der Waals surface area contributed by atoms with Crippen molar-refractivity contribution in [2.45, 2.75) is 13.5 Å². The molecule has 3 N–H and O–H groups in total. The molecule has 0 saturated heterocycles. The van der Waals surface area contributed by atoms with Gasteiger partial charge in [-0.05, 0) is 22.9 Å². The van der Waals surface area contributed by atoms with Gasteiger partial charge in [0.1, 0.15) is 5.69 Å². The van der Waals surface area contributed by atoms with Crippen molar-refractivity contribution in [3.8, 4) is 11.3 Å². The summed E-state index contributed by atoms with van der Waals surface area (Å²) in [5.41, 5.74) is 2.76. The minimum absolute atomic E-state index is 0.419. The Bertz CT molecular complexity index is 1040. The number of aromatic amines is 1. The first-order valence-corrected chi connectivity index (χ1v) is 9.03. The van der Waals surface area contributed by atoms with E-state index in [0.29, 0.717) is 29.9 Å². The van der Waals surface area contributed by atoms with Crippen molar-refractivity contribution in [2.75, 3.05) is 10.6 Å². The Morgan fingerprint density at radius 1 is 1.19 bits per heavy atom. The van der Waals surface area contributed by atoms with Crippen LogP contribution in [0.25, 0.3) is 11.3 Å². The Morgan fingerprint density at radius 2 is 2.04 bits per heavy atom. The normalized spacial score (nSPS) is 10.7. The van der Waals surface area contributed by atoms with Gasteiger partial charge in [0.15, 0.2) is 17.4 Å². The van der Waals surface area contributed by atoms with Crippen molar-refractivity contribution >= 4 is 33.5 Å². The molecule has 3 heterocycles. The molecule has 9 heteroatoms. The minimum atomic E-state index is 0.419. The van der Waals surface area contributed by atoms with Gasteiger partial charge in [-0.3, -0.25) is 5.10 Å². The van der Waals surface area contributed by atoms with Gasteiger partial charge >= 0.3 is 0 Å². The zero-order valence-corrected chi connectivity index (χ0v) is 16.0. The highest BCUT2D eigenvalue weighted by Crippen LogP contribution is 2.24. The Hall–Kier alpha value is -3.20. The Kier molecular flexibility index (Phi) is 4.84. The van der Waals surface area contributed by atoms with Crippen molar-refractivity contribution < 1.29 is 4.52 Å². The van der Waals surface area contributed by atoms with E-state index >= 15 is 0 Å². The summed E-state index contributed by atoms with van der Waals surface area (Å²) >= 11 is 3.44. The summed E-state index contributed by atoms with van der Waals surface area (Å²) < 4.78 is 6.12. The standard InChI is InChI=1S/C18H16BrN7O/c1-11-7-16(25-24-11)22-17-14(19)10-21-18(23-17)20-9-13-8-15(26-27-13)12-5-3-2-4-6-12/h2-8,10H,9H2,1H3,(H3,20,21,22,23,24,25). The second-order valence-electron chi connectivity index (χ2n) is 5.85. The van der Waals surface area contributed by atoms with Crippen molar-refractivity contribution in [1.29, 1.82) is 0 Å². The maximum Gasteiger partial charge on any atom is 0.225 e. The lowest BCUT2D eigenvalue weighted by Crippen LogP contribution is -2.05. The monoisotopic (exact) mass is 425 g/mol. The van der Waals surface area contributed by atoms with Gasteiger partial charge in [-0.2, -0.15) is 10.1 Å². The largest absolute Gasteiger partial charge is 0.359 e. The third-order valence-corrected chi connectivity index (χ3v) is 4.33. The number of rotatable bonds is 6. The predicted molar refractivity (Wildman–Crippen MR) is 106 cm³/mol. The highest BCUT2D eigenvalue weighted by atomic mass is 79.9. The van der Waals surface area contributed by atoms with Crippen LogP contribution in [0.4, 0.5) is 17.6 Å². The molecule has 0 fully saturated rings. The van der Waals surface area contributed by atoms with Gasteiger partial charge in [-0.25, -0.2) is 4.98 Å². The first-order valence-electron chi connectivity index (χ1n) is 8.24. The first kappa shape index (κ1) is 17.2. The SMILES string of the molecule is Cc1cc(Nc2nc(NCc3cc(-c4ccccc4)no3)ncc2Br)n[nH]1. The lowest BCUT2D eigenvalue weighted by atomic mass is 10.1. The van der Waals surface area contributed by atoms with Crippen LogP contribution >= 0.6 is 15.9 Å². The fourth-order valence-electron chi connectivity index (χ4n) is 2.45. The third-order valence-electron chi connectivity index (χ3n) is 3.75. The lowest BCUT2D eigenvalue weighted by Gasteiger charge is -2.07. The van der Waals surface area contributed by atoms with E-state index in [1.54, 1.807) is 6.20 Å². The first-order chi connectivity index (χ1) is 13.2. The number of nitrogens with one attached hydrogen (secondary N) is 3. The van der Waals surface area contributed by atoms with E-state index in [2.05, 4.69) is 51.9 Å². The maximum absolute atomic E-state index is 5.39. The summed E-state index contributed by atoms with van der Waals surface area (Å²) in [5.74, 6) is 2.45. The van der Waals surface area contributed by atoms with Gasteiger partial charge in [-0.15, -0.1) is 0 Å². The van der Waals surface area contributed by atoms with Crippen molar-refractivity contribution in [3.63, 3.8) is 0 Å². The highest BCUT2D eigenvalue weighted by Gasteiger charge is 2.09. The lowest BCUT2D eigenvalue weighted by molar-refractivity contribution is 0.390. The summed E-state index contributed by atoms with van der Waals surface area (Å²) in [6.07, 6.45) is 1.67. The number of nitrogens with zero attached hydrogens (tertiary/aromatic N) is 4. The molecule has 0 aliphatic heterocycles. The molecule has 0 bridgehead atoms. The molecule has 0 unspecified atom stereocenters. The van der Waals surface area contributed by atoms with Gasteiger partial charge in [0, 0.05) is 29.6 Å². The molecule has 0 radical (unpaired) electrons. The molecule has 8 nitrogen and oxygen atoms in total. The zero-order valence-electron chi connectivity index (χ0n) is 14.4. The Labute approximate surface area is 163 Å². The van der Waals surface area contributed by atoms with Gasteiger partial charge < -0.3 is 15.2 Å². The number of benzene rings is 1. The molecule has 27 heavy (non-hydrogen) atoms. The summed E-state index contributed by atoms with van der Waals surface area (Å²) in [5, 5.41) is 17.4. The minimum Gasteiger partial charge on any atom is -0.359 e. The molecule has 0 aliphatic rings. The molecular weight excluding hydrogens is 410 g/mol. The predicted octanol–water partition coefficient (Wildman–Crippen LogP) is 4.28. The number of halogens is 1. The van der Waals surface area contributed by atoms with E-state index in [-0.39, 0.29) is 0 Å². The molecule has 0 spiro atoms.